The normalized spacial score (nSPS) is 12.3. The molecule has 0 saturated heterocycles. The predicted octanol–water partition coefficient (Wildman–Crippen LogP) is 3.79. The summed E-state index contributed by atoms with van der Waals surface area (Å²) in [5.41, 5.74) is 3.57. The van der Waals surface area contributed by atoms with Crippen LogP contribution in [0.2, 0.25) is 0 Å². The first kappa shape index (κ1) is 26.4. The number of carbonyl (C=O) groups is 1. The number of sulfonamides is 1. The van der Waals surface area contributed by atoms with Crippen LogP contribution in [0.5, 0.6) is 0 Å². The number of H-pyrrole nitrogens is 1. The Balaban J connectivity index is 2.03. The van der Waals surface area contributed by atoms with Crippen LogP contribution in [0.1, 0.15) is 27.0 Å². The number of aliphatic imine (C=N–C) groups is 1. The summed E-state index contributed by atoms with van der Waals surface area (Å²) in [4.78, 5) is 18.5. The van der Waals surface area contributed by atoms with Gasteiger partial charge < -0.3 is 10.7 Å². The molecular formula is C21H16F5N5O4S. The molecule has 0 atom stereocenters. The van der Waals surface area contributed by atoms with Crippen LogP contribution in [0, 0.1) is 11.6 Å². The van der Waals surface area contributed by atoms with Gasteiger partial charge >= 0.3 is 6.18 Å². The quantitative estimate of drug-likeness (QED) is 0.103. The van der Waals surface area contributed by atoms with E-state index in [1.807, 2.05) is 0 Å². The van der Waals surface area contributed by atoms with Gasteiger partial charge in [0.1, 0.15) is 11.6 Å². The van der Waals surface area contributed by atoms with Gasteiger partial charge in [0.25, 0.3) is 10.0 Å². The molecule has 0 spiro atoms. The van der Waals surface area contributed by atoms with E-state index in [0.717, 1.165) is 12.4 Å². The number of hydroxylamine groups is 1. The first-order valence-corrected chi connectivity index (χ1v) is 11.1. The fourth-order valence-electron chi connectivity index (χ4n) is 3.12. The van der Waals surface area contributed by atoms with Gasteiger partial charge in [-0.05, 0) is 36.4 Å². The van der Waals surface area contributed by atoms with E-state index in [-0.39, 0.29) is 17.2 Å². The van der Waals surface area contributed by atoms with Crippen LogP contribution in [-0.4, -0.2) is 30.2 Å². The summed E-state index contributed by atoms with van der Waals surface area (Å²) in [6, 6.07) is 3.63. The summed E-state index contributed by atoms with van der Waals surface area (Å²) < 4.78 is 94.9. The second kappa shape index (κ2) is 9.79. The summed E-state index contributed by atoms with van der Waals surface area (Å²) >= 11 is 0. The molecule has 36 heavy (non-hydrogen) atoms. The summed E-state index contributed by atoms with van der Waals surface area (Å²) in [7, 11) is -4.64. The van der Waals surface area contributed by atoms with Gasteiger partial charge in [-0.15, -0.1) is 0 Å². The van der Waals surface area contributed by atoms with Crippen molar-refractivity contribution in [1.82, 2.24) is 10.5 Å². The van der Waals surface area contributed by atoms with Crippen molar-refractivity contribution in [3.8, 4) is 0 Å². The average Bonchev–Trinajstić information content (AvgIpc) is 3.20. The number of hydrogen-bond donors (Lipinski definition) is 5. The Labute approximate surface area is 200 Å². The Bertz CT molecular complexity index is 1470. The van der Waals surface area contributed by atoms with Gasteiger partial charge in [0, 0.05) is 12.4 Å². The molecule has 1 heterocycles. The summed E-state index contributed by atoms with van der Waals surface area (Å²) in [6.07, 6.45) is -2.74. The van der Waals surface area contributed by atoms with E-state index in [1.54, 1.807) is 10.2 Å². The smallest absolute Gasteiger partial charge is 0.385 e. The lowest BCUT2D eigenvalue weighted by Gasteiger charge is -2.13. The van der Waals surface area contributed by atoms with E-state index >= 15 is 4.39 Å². The van der Waals surface area contributed by atoms with Gasteiger partial charge in [0.05, 0.1) is 32.8 Å². The average molecular weight is 529 g/mol. The van der Waals surface area contributed by atoms with Crippen molar-refractivity contribution in [3.63, 3.8) is 0 Å². The molecule has 0 aliphatic carbocycles. The third-order valence-electron chi connectivity index (χ3n) is 4.77. The summed E-state index contributed by atoms with van der Waals surface area (Å²) in [6.45, 7) is 3.32. The maximum absolute atomic E-state index is 15.2. The number of amidine groups is 1. The number of aromatic nitrogens is 1. The van der Waals surface area contributed by atoms with E-state index in [1.165, 1.54) is 0 Å². The zero-order chi connectivity index (χ0) is 26.8. The van der Waals surface area contributed by atoms with E-state index in [9.17, 15) is 36.0 Å². The molecule has 0 radical (unpaired) electrons. The molecule has 0 amide bonds. The number of carbonyl (C=O) groups excluding carboxylic acids is 1. The Hall–Kier alpha value is -4.24. The van der Waals surface area contributed by atoms with E-state index in [2.05, 4.69) is 16.6 Å². The molecule has 3 aromatic rings. The molecule has 6 N–H and O–H groups in total. The molecule has 0 fully saturated rings. The third-order valence-corrected chi connectivity index (χ3v) is 6.15. The van der Waals surface area contributed by atoms with Crippen molar-refractivity contribution in [2.75, 3.05) is 10.5 Å². The van der Waals surface area contributed by atoms with Crippen molar-refractivity contribution in [1.29, 1.82) is 0 Å². The fraction of sp³-hybridized carbons (Fsp3) is 0.0476. The highest BCUT2D eigenvalue weighted by Gasteiger charge is 2.31. The van der Waals surface area contributed by atoms with E-state index in [4.69, 9.17) is 5.73 Å². The molecule has 0 unspecified atom stereocenters. The number of halogens is 5. The number of nitrogens with two attached hydrogens (primary N) is 1. The lowest BCUT2D eigenvalue weighted by molar-refractivity contribution is -0.137. The van der Waals surface area contributed by atoms with Gasteiger partial charge in [0.15, 0.2) is 11.7 Å². The molecule has 0 bridgehead atoms. The lowest BCUT2D eigenvalue weighted by atomic mass is 10.00. The standard InChI is InChI=1S/C21H16F5N5O4S/c1-2-28-20(30-33)15-12(9-29-19(15)27)18(32)16-13(22)7-8-14(17(16)23)31-36(34,35)11-5-3-10(4-6-11)21(24,25)26/h2-9,29,31,33H,1,27H2,(H,28,30). The molecule has 15 heteroatoms. The zero-order valence-electron chi connectivity index (χ0n) is 17.8. The summed E-state index contributed by atoms with van der Waals surface area (Å²) in [5.74, 6) is -4.86. The van der Waals surface area contributed by atoms with Crippen LogP contribution in [-0.2, 0) is 16.2 Å². The minimum atomic E-state index is -4.71. The van der Waals surface area contributed by atoms with Gasteiger partial charge in [-0.2, -0.15) is 13.2 Å². The molecule has 3 rings (SSSR count). The maximum Gasteiger partial charge on any atom is 0.416 e. The number of nitrogens with zero attached hydrogens (tertiary/aromatic N) is 1. The molecule has 190 valence electrons. The van der Waals surface area contributed by atoms with Crippen LogP contribution >= 0.6 is 0 Å². The predicted molar refractivity (Wildman–Crippen MR) is 119 cm³/mol. The number of nitrogens with one attached hydrogen (secondary N) is 3. The first-order valence-electron chi connectivity index (χ1n) is 9.60. The molecule has 0 aliphatic rings. The van der Waals surface area contributed by atoms with Crippen LogP contribution in [0.25, 0.3) is 0 Å². The van der Waals surface area contributed by atoms with Crippen LogP contribution in [0.15, 0.2) is 65.3 Å². The zero-order valence-corrected chi connectivity index (χ0v) is 18.6. The lowest BCUT2D eigenvalue weighted by Crippen LogP contribution is -2.24. The van der Waals surface area contributed by atoms with Gasteiger partial charge in [-0.25, -0.2) is 22.2 Å². The highest BCUT2D eigenvalue weighted by atomic mass is 32.2. The topological polar surface area (TPSA) is 150 Å². The number of ketones is 1. The molecule has 0 saturated carbocycles. The highest BCUT2D eigenvalue weighted by Crippen LogP contribution is 2.31. The molecule has 9 nitrogen and oxygen atoms in total. The number of alkyl halides is 3. The number of anilines is 2. The Morgan fingerprint density at radius 2 is 1.75 bits per heavy atom. The van der Waals surface area contributed by atoms with Crippen LogP contribution < -0.4 is 15.9 Å². The van der Waals surface area contributed by atoms with Crippen molar-refractivity contribution in [3.05, 3.63) is 89.3 Å². The van der Waals surface area contributed by atoms with Gasteiger partial charge in [0.2, 0.25) is 5.78 Å². The van der Waals surface area contributed by atoms with Gasteiger partial charge in [-0.3, -0.25) is 20.2 Å². The van der Waals surface area contributed by atoms with Crippen LogP contribution in [0.3, 0.4) is 0 Å². The fourth-order valence-corrected chi connectivity index (χ4v) is 4.17. The molecule has 0 aliphatic heterocycles. The number of aromatic amines is 1. The number of rotatable bonds is 7. The second-order valence-corrected chi connectivity index (χ2v) is 8.69. The van der Waals surface area contributed by atoms with Crippen molar-refractivity contribution < 1.29 is 40.4 Å². The molecule has 2 aromatic carbocycles. The highest BCUT2D eigenvalue weighted by molar-refractivity contribution is 7.92. The number of benzene rings is 2. The first-order chi connectivity index (χ1) is 16.8. The van der Waals surface area contributed by atoms with Crippen molar-refractivity contribution >= 4 is 33.1 Å². The minimum Gasteiger partial charge on any atom is -0.385 e. The van der Waals surface area contributed by atoms with Crippen molar-refractivity contribution in [2.45, 2.75) is 11.1 Å². The number of hydrogen-bond acceptors (Lipinski definition) is 6. The molecular weight excluding hydrogens is 513 g/mol. The minimum absolute atomic E-state index is 0.208. The Kier molecular flexibility index (Phi) is 7.17. The Morgan fingerprint density at radius 3 is 2.31 bits per heavy atom. The van der Waals surface area contributed by atoms with Gasteiger partial charge in [-0.1, -0.05) is 6.58 Å². The van der Waals surface area contributed by atoms with E-state index in [0.29, 0.717) is 36.4 Å². The third kappa shape index (κ3) is 5.06. The SMILES string of the molecule is C=C/N=C(/NO)c1c(C(=O)c2c(F)ccc(NS(=O)(=O)c3ccc(C(F)(F)F)cc3)c2F)c[nH]c1N. The monoisotopic (exact) mass is 529 g/mol. The molecule has 1 aromatic heterocycles. The maximum atomic E-state index is 15.2. The second-order valence-electron chi connectivity index (χ2n) is 7.00. The summed E-state index contributed by atoms with van der Waals surface area (Å²) in [5, 5.41) is 9.28. The van der Waals surface area contributed by atoms with E-state index < -0.39 is 60.9 Å². The number of nitrogen functional groups attached to an aromatic ring is 1. The Morgan fingerprint density at radius 1 is 1.11 bits per heavy atom. The van der Waals surface area contributed by atoms with Crippen LogP contribution in [0.4, 0.5) is 33.5 Å². The van der Waals surface area contributed by atoms with Crippen molar-refractivity contribution in [2.24, 2.45) is 4.99 Å². The largest absolute Gasteiger partial charge is 0.416 e.